The smallest absolute Gasteiger partial charge is 0.347 e. The summed E-state index contributed by atoms with van der Waals surface area (Å²) >= 11 is 0. The zero-order chi connectivity index (χ0) is 23.5. The summed E-state index contributed by atoms with van der Waals surface area (Å²) in [6.45, 7) is 0.501. The lowest BCUT2D eigenvalue weighted by atomic mass is 10.1. The van der Waals surface area contributed by atoms with Gasteiger partial charge in [-0.3, -0.25) is 4.79 Å². The molecule has 0 bridgehead atoms. The number of allylic oxidation sites excluding steroid dienone is 1. The van der Waals surface area contributed by atoms with Gasteiger partial charge in [-0.25, -0.2) is 4.79 Å². The molecule has 0 N–H and O–H groups in total. The summed E-state index contributed by atoms with van der Waals surface area (Å²) in [4.78, 5) is 25.1. The lowest BCUT2D eigenvalue weighted by molar-refractivity contribution is 0.104. The van der Waals surface area contributed by atoms with Crippen LogP contribution in [-0.2, 0) is 6.61 Å². The highest BCUT2D eigenvalue weighted by Crippen LogP contribution is 2.32. The lowest BCUT2D eigenvalue weighted by Crippen LogP contribution is -2.12. The van der Waals surface area contributed by atoms with E-state index in [1.165, 1.54) is 12.1 Å². The number of ether oxygens (including phenoxy) is 4. The van der Waals surface area contributed by atoms with Crippen molar-refractivity contribution in [2.75, 3.05) is 13.9 Å². The number of carbonyl (C=O) groups is 1. The molecule has 0 unspecified atom stereocenters. The first-order valence-electron chi connectivity index (χ1n) is 10.5. The van der Waals surface area contributed by atoms with Crippen LogP contribution in [0.5, 0.6) is 23.0 Å². The van der Waals surface area contributed by atoms with E-state index in [1.54, 1.807) is 49.6 Å². The molecular weight excluding hydrogens is 436 g/mol. The number of benzene rings is 3. The van der Waals surface area contributed by atoms with Crippen LogP contribution in [0.4, 0.5) is 0 Å². The van der Waals surface area contributed by atoms with E-state index in [0.29, 0.717) is 34.8 Å². The van der Waals surface area contributed by atoms with Crippen molar-refractivity contribution in [2.24, 2.45) is 0 Å². The topological polar surface area (TPSA) is 84.2 Å². The van der Waals surface area contributed by atoms with Crippen LogP contribution in [0.2, 0.25) is 0 Å². The Morgan fingerprint density at radius 1 is 0.971 bits per heavy atom. The maximum atomic E-state index is 12.7. The molecule has 170 valence electrons. The average Bonchev–Trinajstić information content (AvgIpc) is 3.33. The Labute approximate surface area is 194 Å². The normalized spacial score (nSPS) is 12.3. The van der Waals surface area contributed by atoms with Crippen LogP contribution in [0, 0.1) is 0 Å². The van der Waals surface area contributed by atoms with Gasteiger partial charge in [0.2, 0.25) is 6.79 Å². The average molecular weight is 456 g/mol. The van der Waals surface area contributed by atoms with E-state index < -0.39 is 11.4 Å². The van der Waals surface area contributed by atoms with Crippen molar-refractivity contribution in [1.82, 2.24) is 0 Å². The fourth-order valence-electron chi connectivity index (χ4n) is 3.56. The first-order valence-corrected chi connectivity index (χ1v) is 10.5. The molecule has 5 rings (SSSR count). The Kier molecular flexibility index (Phi) is 5.74. The number of methoxy groups -OCH3 is 1. The Hall–Kier alpha value is -4.52. The van der Waals surface area contributed by atoms with E-state index in [1.807, 2.05) is 24.3 Å². The van der Waals surface area contributed by atoms with Gasteiger partial charge in [-0.05, 0) is 59.7 Å². The van der Waals surface area contributed by atoms with Crippen LogP contribution in [0.3, 0.4) is 0 Å². The molecule has 0 saturated carbocycles. The molecule has 0 saturated heterocycles. The summed E-state index contributed by atoms with van der Waals surface area (Å²) in [5, 5.41) is 0.619. The molecule has 3 aromatic carbocycles. The molecule has 0 spiro atoms. The van der Waals surface area contributed by atoms with E-state index in [2.05, 4.69) is 0 Å². The predicted molar refractivity (Wildman–Crippen MR) is 126 cm³/mol. The standard InChI is InChI=1S/C27H20O7/c1-30-20-4-2-3-18(11-20)15-31-21-8-7-19-13-22(27(29)34-25(19)14-21)23(28)9-5-17-6-10-24-26(12-17)33-16-32-24/h2-14H,15-16H2,1H3/b9-5+. The van der Waals surface area contributed by atoms with Crippen molar-refractivity contribution < 1.29 is 28.2 Å². The molecule has 0 fully saturated rings. The molecule has 1 aliphatic heterocycles. The van der Waals surface area contributed by atoms with Crippen LogP contribution >= 0.6 is 0 Å². The third-order valence-corrected chi connectivity index (χ3v) is 5.34. The number of hydrogen-bond acceptors (Lipinski definition) is 7. The van der Waals surface area contributed by atoms with E-state index >= 15 is 0 Å². The second-order valence-corrected chi connectivity index (χ2v) is 7.60. The van der Waals surface area contributed by atoms with Gasteiger partial charge < -0.3 is 23.4 Å². The van der Waals surface area contributed by atoms with E-state index in [9.17, 15) is 9.59 Å². The fraction of sp³-hybridized carbons (Fsp3) is 0.111. The Balaban J connectivity index is 1.32. The molecule has 0 aliphatic carbocycles. The monoisotopic (exact) mass is 456 g/mol. The summed E-state index contributed by atoms with van der Waals surface area (Å²) in [6, 6.07) is 19.6. The van der Waals surface area contributed by atoms with Crippen molar-refractivity contribution in [3.63, 3.8) is 0 Å². The Bertz CT molecular complexity index is 1470. The van der Waals surface area contributed by atoms with Gasteiger partial charge in [0.05, 0.1) is 7.11 Å². The Morgan fingerprint density at radius 3 is 2.74 bits per heavy atom. The third kappa shape index (κ3) is 4.49. The number of rotatable bonds is 7. The summed E-state index contributed by atoms with van der Waals surface area (Å²) in [5.41, 5.74) is 1.27. The van der Waals surface area contributed by atoms with Gasteiger partial charge in [0.1, 0.15) is 29.3 Å². The van der Waals surface area contributed by atoms with Crippen molar-refractivity contribution in [2.45, 2.75) is 6.61 Å². The number of ketones is 1. The molecule has 34 heavy (non-hydrogen) atoms. The zero-order valence-electron chi connectivity index (χ0n) is 18.3. The minimum Gasteiger partial charge on any atom is -0.497 e. The van der Waals surface area contributed by atoms with Crippen molar-refractivity contribution in [3.05, 3.63) is 99.9 Å². The van der Waals surface area contributed by atoms with Crippen LogP contribution < -0.4 is 24.6 Å². The van der Waals surface area contributed by atoms with Gasteiger partial charge in [-0.1, -0.05) is 24.3 Å². The third-order valence-electron chi connectivity index (χ3n) is 5.34. The number of hydrogen-bond donors (Lipinski definition) is 0. The lowest BCUT2D eigenvalue weighted by Gasteiger charge is -2.08. The molecule has 4 aromatic rings. The van der Waals surface area contributed by atoms with Gasteiger partial charge in [0, 0.05) is 11.5 Å². The van der Waals surface area contributed by atoms with E-state index in [4.69, 9.17) is 23.4 Å². The first kappa shape index (κ1) is 21.3. The van der Waals surface area contributed by atoms with Gasteiger partial charge >= 0.3 is 5.63 Å². The van der Waals surface area contributed by atoms with Gasteiger partial charge in [0.15, 0.2) is 17.3 Å². The SMILES string of the molecule is COc1cccc(COc2ccc3cc(C(=O)/C=C/c4ccc5c(c4)OCO5)c(=O)oc3c2)c1. The molecule has 0 amide bonds. The van der Waals surface area contributed by atoms with E-state index in [-0.39, 0.29) is 12.4 Å². The summed E-state index contributed by atoms with van der Waals surface area (Å²) in [6.07, 6.45) is 2.95. The largest absolute Gasteiger partial charge is 0.497 e. The molecule has 2 heterocycles. The second kappa shape index (κ2) is 9.15. The van der Waals surface area contributed by atoms with Crippen molar-refractivity contribution >= 4 is 22.8 Å². The van der Waals surface area contributed by atoms with Crippen LogP contribution in [0.25, 0.3) is 17.0 Å². The Morgan fingerprint density at radius 2 is 1.85 bits per heavy atom. The molecule has 7 heteroatoms. The van der Waals surface area contributed by atoms with Crippen LogP contribution in [-0.4, -0.2) is 19.7 Å². The molecule has 1 aliphatic rings. The maximum absolute atomic E-state index is 12.7. The summed E-state index contributed by atoms with van der Waals surface area (Å²) in [5.74, 6) is 2.11. The first-order chi connectivity index (χ1) is 16.6. The predicted octanol–water partition coefficient (Wildman–Crippen LogP) is 5.01. The minimum absolute atomic E-state index is 0.0467. The van der Waals surface area contributed by atoms with Crippen molar-refractivity contribution in [3.8, 4) is 23.0 Å². The highest BCUT2D eigenvalue weighted by molar-refractivity contribution is 6.07. The van der Waals surface area contributed by atoms with Crippen LogP contribution in [0.1, 0.15) is 21.5 Å². The van der Waals surface area contributed by atoms with Gasteiger partial charge in [0.25, 0.3) is 0 Å². The molecule has 7 nitrogen and oxygen atoms in total. The molecule has 1 aromatic heterocycles. The van der Waals surface area contributed by atoms with Gasteiger partial charge in [-0.2, -0.15) is 0 Å². The molecule has 0 atom stereocenters. The molecule has 0 radical (unpaired) electrons. The number of fused-ring (bicyclic) bond motifs is 2. The zero-order valence-corrected chi connectivity index (χ0v) is 18.3. The number of carbonyl (C=O) groups excluding carboxylic acids is 1. The highest BCUT2D eigenvalue weighted by atomic mass is 16.7. The second-order valence-electron chi connectivity index (χ2n) is 7.60. The quantitative estimate of drug-likeness (QED) is 0.220. The highest BCUT2D eigenvalue weighted by Gasteiger charge is 2.14. The maximum Gasteiger partial charge on any atom is 0.347 e. The molecular formula is C27H20O7. The summed E-state index contributed by atoms with van der Waals surface area (Å²) in [7, 11) is 1.61. The van der Waals surface area contributed by atoms with Crippen molar-refractivity contribution in [1.29, 1.82) is 0 Å². The van der Waals surface area contributed by atoms with Crippen LogP contribution in [0.15, 0.2) is 82.0 Å². The van der Waals surface area contributed by atoms with E-state index in [0.717, 1.165) is 16.9 Å². The summed E-state index contributed by atoms with van der Waals surface area (Å²) < 4.78 is 27.1. The minimum atomic E-state index is -0.710. The fourth-order valence-corrected chi connectivity index (χ4v) is 3.56. The van der Waals surface area contributed by atoms with Gasteiger partial charge in [-0.15, -0.1) is 0 Å².